The van der Waals surface area contributed by atoms with Crippen molar-refractivity contribution in [3.63, 3.8) is 0 Å². The normalized spacial score (nSPS) is 19.8. The van der Waals surface area contributed by atoms with Gasteiger partial charge in [-0.2, -0.15) is 0 Å². The molecule has 21 heavy (non-hydrogen) atoms. The molecule has 1 atom stereocenters. The van der Waals surface area contributed by atoms with Crippen molar-refractivity contribution in [2.24, 2.45) is 5.73 Å². The first-order chi connectivity index (χ1) is 10.1. The smallest absolute Gasteiger partial charge is 0.0615 e. The van der Waals surface area contributed by atoms with Gasteiger partial charge < -0.3 is 15.4 Å². The van der Waals surface area contributed by atoms with Gasteiger partial charge in [-0.1, -0.05) is 18.2 Å². The Kier molecular flexibility index (Phi) is 5.62. The maximum absolute atomic E-state index is 6.16. The minimum absolute atomic E-state index is 0.100. The lowest BCUT2D eigenvalue weighted by Crippen LogP contribution is -2.61. The molecule has 0 aromatic heterocycles. The van der Waals surface area contributed by atoms with Crippen molar-refractivity contribution in [2.75, 3.05) is 45.3 Å². The van der Waals surface area contributed by atoms with E-state index in [1.807, 2.05) is 0 Å². The van der Waals surface area contributed by atoms with Crippen LogP contribution in [-0.4, -0.2) is 56.9 Å². The van der Waals surface area contributed by atoms with E-state index in [-0.39, 0.29) is 5.54 Å². The van der Waals surface area contributed by atoms with Crippen molar-refractivity contribution in [1.82, 2.24) is 4.90 Å². The van der Waals surface area contributed by atoms with Gasteiger partial charge in [-0.25, -0.2) is 0 Å². The molecule has 1 aliphatic heterocycles. The summed E-state index contributed by atoms with van der Waals surface area (Å²) < 4.78 is 5.30. The van der Waals surface area contributed by atoms with E-state index < -0.39 is 0 Å². The van der Waals surface area contributed by atoms with Crippen LogP contribution >= 0.6 is 0 Å². The first-order valence-electron chi connectivity index (χ1n) is 7.85. The number of ether oxygens (including phenoxy) is 1. The Hall–Kier alpha value is -1.10. The fourth-order valence-electron chi connectivity index (χ4n) is 3.34. The number of hydrogen-bond donors (Lipinski definition) is 1. The Balaban J connectivity index is 2.02. The Morgan fingerprint density at radius 2 is 1.90 bits per heavy atom. The molecule has 0 radical (unpaired) electrons. The predicted octanol–water partition coefficient (Wildman–Crippen LogP) is 1.95. The van der Waals surface area contributed by atoms with E-state index in [4.69, 9.17) is 10.5 Å². The average Bonchev–Trinajstić information content (AvgIpc) is 2.55. The van der Waals surface area contributed by atoms with Crippen molar-refractivity contribution in [1.29, 1.82) is 0 Å². The van der Waals surface area contributed by atoms with Gasteiger partial charge in [0.25, 0.3) is 0 Å². The lowest BCUT2D eigenvalue weighted by atomic mass is 9.84. The molecule has 2 rings (SSSR count). The van der Waals surface area contributed by atoms with Gasteiger partial charge in [0.2, 0.25) is 0 Å². The Labute approximate surface area is 128 Å². The molecule has 0 saturated carbocycles. The minimum atomic E-state index is 0.100. The molecule has 0 amide bonds. The van der Waals surface area contributed by atoms with E-state index in [1.54, 1.807) is 7.11 Å². The first-order valence-corrected chi connectivity index (χ1v) is 7.85. The topological polar surface area (TPSA) is 41.7 Å². The summed E-state index contributed by atoms with van der Waals surface area (Å²) in [5.41, 5.74) is 7.57. The number of rotatable bonds is 6. The fraction of sp³-hybridized carbons (Fsp3) is 0.647. The highest BCUT2D eigenvalue weighted by Crippen LogP contribution is 2.31. The van der Waals surface area contributed by atoms with Gasteiger partial charge in [0.15, 0.2) is 0 Å². The highest BCUT2D eigenvalue weighted by atomic mass is 16.5. The highest BCUT2D eigenvalue weighted by Gasteiger charge is 2.38. The number of anilines is 1. The SMILES string of the molecule is COCC(C)N(C)C1(CN)CCN(c2ccccc2)CC1. The van der Waals surface area contributed by atoms with Crippen molar-refractivity contribution < 1.29 is 4.74 Å². The van der Waals surface area contributed by atoms with Crippen molar-refractivity contribution in [2.45, 2.75) is 31.3 Å². The molecule has 1 fully saturated rings. The van der Waals surface area contributed by atoms with E-state index in [2.05, 4.69) is 54.1 Å². The van der Waals surface area contributed by atoms with Crippen LogP contribution in [0.5, 0.6) is 0 Å². The summed E-state index contributed by atoms with van der Waals surface area (Å²) in [6, 6.07) is 11.0. The number of nitrogens with zero attached hydrogens (tertiary/aromatic N) is 2. The predicted molar refractivity (Wildman–Crippen MR) is 88.8 cm³/mol. The van der Waals surface area contributed by atoms with Crippen LogP contribution in [0.2, 0.25) is 0 Å². The van der Waals surface area contributed by atoms with Crippen LogP contribution in [0.15, 0.2) is 30.3 Å². The summed E-state index contributed by atoms with van der Waals surface area (Å²) >= 11 is 0. The van der Waals surface area contributed by atoms with Crippen LogP contribution in [0.4, 0.5) is 5.69 Å². The second kappa shape index (κ2) is 7.25. The molecule has 4 nitrogen and oxygen atoms in total. The number of likely N-dealkylation sites (N-methyl/N-ethyl adjacent to an activating group) is 1. The quantitative estimate of drug-likeness (QED) is 0.870. The van der Waals surface area contributed by atoms with Gasteiger partial charge >= 0.3 is 0 Å². The van der Waals surface area contributed by atoms with Gasteiger partial charge in [-0.3, -0.25) is 4.90 Å². The Morgan fingerprint density at radius 1 is 1.29 bits per heavy atom. The number of hydrogen-bond acceptors (Lipinski definition) is 4. The van der Waals surface area contributed by atoms with Gasteiger partial charge in [-0.05, 0) is 38.9 Å². The average molecular weight is 291 g/mol. The molecular formula is C17H29N3O. The van der Waals surface area contributed by atoms with Crippen molar-refractivity contribution in [3.05, 3.63) is 30.3 Å². The largest absolute Gasteiger partial charge is 0.383 e. The lowest BCUT2D eigenvalue weighted by molar-refractivity contribution is 0.0236. The van der Waals surface area contributed by atoms with E-state index in [0.717, 1.165) is 32.5 Å². The van der Waals surface area contributed by atoms with Crippen LogP contribution in [0, 0.1) is 0 Å². The third-order valence-corrected chi connectivity index (χ3v) is 5.01. The highest BCUT2D eigenvalue weighted by molar-refractivity contribution is 5.46. The molecule has 2 N–H and O–H groups in total. The number of methoxy groups -OCH3 is 1. The molecule has 1 heterocycles. The standard InChI is InChI=1S/C17H29N3O/c1-15(13-21-3)19(2)17(14-18)9-11-20(12-10-17)16-7-5-4-6-8-16/h4-8,15H,9-14,18H2,1-3H3. The summed E-state index contributed by atoms with van der Waals surface area (Å²) in [5.74, 6) is 0. The Bertz CT molecular complexity index is 415. The van der Waals surface area contributed by atoms with E-state index >= 15 is 0 Å². The van der Waals surface area contributed by atoms with E-state index in [9.17, 15) is 0 Å². The van der Waals surface area contributed by atoms with Gasteiger partial charge in [0.05, 0.1) is 6.61 Å². The zero-order valence-corrected chi connectivity index (χ0v) is 13.6. The number of piperidine rings is 1. The summed E-state index contributed by atoms with van der Waals surface area (Å²) in [6.45, 7) is 5.79. The first kappa shape index (κ1) is 16.3. The summed E-state index contributed by atoms with van der Waals surface area (Å²) in [5, 5.41) is 0. The zero-order chi connectivity index (χ0) is 15.3. The molecule has 1 aromatic rings. The molecule has 1 aliphatic rings. The van der Waals surface area contributed by atoms with Crippen molar-refractivity contribution >= 4 is 5.69 Å². The number of nitrogens with two attached hydrogens (primary N) is 1. The van der Waals surface area contributed by atoms with Gasteiger partial charge in [0.1, 0.15) is 0 Å². The lowest BCUT2D eigenvalue weighted by Gasteiger charge is -2.49. The fourth-order valence-corrected chi connectivity index (χ4v) is 3.34. The summed E-state index contributed by atoms with van der Waals surface area (Å²) in [6.07, 6.45) is 2.20. The zero-order valence-electron chi connectivity index (χ0n) is 13.6. The number of para-hydroxylation sites is 1. The van der Waals surface area contributed by atoms with E-state index in [0.29, 0.717) is 12.6 Å². The number of benzene rings is 1. The van der Waals surface area contributed by atoms with Crippen LogP contribution < -0.4 is 10.6 Å². The molecule has 0 spiro atoms. The molecule has 118 valence electrons. The minimum Gasteiger partial charge on any atom is -0.383 e. The molecular weight excluding hydrogens is 262 g/mol. The summed E-state index contributed by atoms with van der Waals surface area (Å²) in [4.78, 5) is 4.89. The third-order valence-electron chi connectivity index (χ3n) is 5.01. The van der Waals surface area contributed by atoms with E-state index in [1.165, 1.54) is 5.69 Å². The van der Waals surface area contributed by atoms with Gasteiger partial charge in [-0.15, -0.1) is 0 Å². The maximum Gasteiger partial charge on any atom is 0.0615 e. The van der Waals surface area contributed by atoms with Crippen LogP contribution in [0.25, 0.3) is 0 Å². The Morgan fingerprint density at radius 3 is 2.43 bits per heavy atom. The third kappa shape index (κ3) is 3.57. The molecule has 0 bridgehead atoms. The van der Waals surface area contributed by atoms with Crippen LogP contribution in [-0.2, 0) is 4.74 Å². The van der Waals surface area contributed by atoms with Crippen LogP contribution in [0.1, 0.15) is 19.8 Å². The molecule has 1 aromatic carbocycles. The van der Waals surface area contributed by atoms with Crippen molar-refractivity contribution in [3.8, 4) is 0 Å². The van der Waals surface area contributed by atoms with Gasteiger partial charge in [0, 0.05) is 44.0 Å². The van der Waals surface area contributed by atoms with Crippen LogP contribution in [0.3, 0.4) is 0 Å². The molecule has 4 heteroatoms. The maximum atomic E-state index is 6.16. The second-order valence-electron chi connectivity index (χ2n) is 6.17. The second-order valence-corrected chi connectivity index (χ2v) is 6.17. The molecule has 0 aliphatic carbocycles. The molecule has 1 saturated heterocycles. The molecule has 1 unspecified atom stereocenters. The monoisotopic (exact) mass is 291 g/mol. The summed E-state index contributed by atoms with van der Waals surface area (Å²) in [7, 11) is 3.95.